The van der Waals surface area contributed by atoms with Crippen LogP contribution in [-0.4, -0.2) is 92.7 Å². The maximum atomic E-state index is 14.1. The van der Waals surface area contributed by atoms with Gasteiger partial charge in [0.2, 0.25) is 0 Å². The summed E-state index contributed by atoms with van der Waals surface area (Å²) in [5.41, 5.74) is 1.44. The van der Waals surface area contributed by atoms with E-state index in [9.17, 15) is 22.8 Å². The molecule has 3 amide bonds. The summed E-state index contributed by atoms with van der Waals surface area (Å²) >= 11 is 0. The second kappa shape index (κ2) is 9.40. The molecule has 0 bridgehead atoms. The highest BCUT2D eigenvalue weighted by Gasteiger charge is 2.47. The van der Waals surface area contributed by atoms with Crippen LogP contribution >= 0.6 is 0 Å². The van der Waals surface area contributed by atoms with Crippen LogP contribution in [0.1, 0.15) is 31.2 Å². The molecule has 0 N–H and O–H groups in total. The average molecular weight is 469 g/mol. The van der Waals surface area contributed by atoms with Crippen LogP contribution in [0, 0.1) is 5.82 Å². The lowest BCUT2D eigenvalue weighted by Crippen LogP contribution is -2.53. The van der Waals surface area contributed by atoms with Gasteiger partial charge >= 0.3 is 12.1 Å². The molecule has 0 unspecified atom stereocenters. The van der Waals surface area contributed by atoms with Gasteiger partial charge in [-0.25, -0.2) is 22.8 Å². The Kier molecular flexibility index (Phi) is 6.74. The van der Waals surface area contributed by atoms with Crippen molar-refractivity contribution in [1.29, 1.82) is 0 Å². The zero-order valence-corrected chi connectivity index (χ0v) is 19.1. The third-order valence-corrected chi connectivity index (χ3v) is 7.22. The Morgan fingerprint density at radius 3 is 2.42 bits per heavy atom. The Hall–Kier alpha value is -2.49. The van der Waals surface area contributed by atoms with E-state index in [-0.39, 0.29) is 17.3 Å². The van der Waals surface area contributed by atoms with Crippen LogP contribution in [0.4, 0.5) is 28.4 Å². The molecular formula is C23H31F3N4O3. The number of rotatable bonds is 3. The summed E-state index contributed by atoms with van der Waals surface area (Å²) in [5.74, 6) is -0.291. The quantitative estimate of drug-likeness (QED) is 0.681. The van der Waals surface area contributed by atoms with Crippen molar-refractivity contribution >= 4 is 17.8 Å². The van der Waals surface area contributed by atoms with E-state index in [4.69, 9.17) is 0 Å². The third kappa shape index (κ3) is 4.76. The number of piperidine rings is 2. The smallest absolute Gasteiger partial charge is 0.409 e. The fraction of sp³-hybridized carbons (Fsp3) is 0.652. The summed E-state index contributed by atoms with van der Waals surface area (Å²) < 4.78 is 43.3. The van der Waals surface area contributed by atoms with E-state index in [0.717, 1.165) is 50.0 Å². The average Bonchev–Trinajstić information content (AvgIpc) is 3.10. The number of likely N-dealkylation sites (tertiary alicyclic amines) is 2. The van der Waals surface area contributed by atoms with E-state index in [1.807, 2.05) is 0 Å². The van der Waals surface area contributed by atoms with Crippen molar-refractivity contribution in [2.75, 3.05) is 58.3 Å². The molecule has 2 saturated heterocycles. The molecule has 0 radical (unpaired) electrons. The third-order valence-electron chi connectivity index (χ3n) is 7.22. The Morgan fingerprint density at radius 1 is 1.15 bits per heavy atom. The van der Waals surface area contributed by atoms with Crippen LogP contribution in [-0.2, 0) is 10.2 Å². The predicted octanol–water partition coefficient (Wildman–Crippen LogP) is 3.53. The van der Waals surface area contributed by atoms with Gasteiger partial charge < -0.3 is 19.4 Å². The molecule has 0 aromatic heterocycles. The number of benzene rings is 1. The molecule has 33 heavy (non-hydrogen) atoms. The van der Waals surface area contributed by atoms with Crippen molar-refractivity contribution in [1.82, 2.24) is 14.7 Å². The summed E-state index contributed by atoms with van der Waals surface area (Å²) in [6, 6.07) is 4.89. The second-order valence-corrected chi connectivity index (χ2v) is 9.43. The summed E-state index contributed by atoms with van der Waals surface area (Å²) in [6.07, 6.45) is -0.193. The van der Waals surface area contributed by atoms with E-state index in [2.05, 4.69) is 9.64 Å². The van der Waals surface area contributed by atoms with Crippen LogP contribution in [0.5, 0.6) is 0 Å². The van der Waals surface area contributed by atoms with Crippen molar-refractivity contribution < 1.29 is 27.5 Å². The zero-order chi connectivity index (χ0) is 23.8. The maximum Gasteiger partial charge on any atom is 0.409 e. The first-order chi connectivity index (χ1) is 15.7. The van der Waals surface area contributed by atoms with Gasteiger partial charge in [0, 0.05) is 50.9 Å². The molecule has 0 aliphatic carbocycles. The number of alkyl halides is 2. The van der Waals surface area contributed by atoms with Crippen LogP contribution in [0.2, 0.25) is 0 Å². The first-order valence-electron chi connectivity index (χ1n) is 11.4. The van der Waals surface area contributed by atoms with Crippen molar-refractivity contribution in [3.63, 3.8) is 0 Å². The van der Waals surface area contributed by atoms with E-state index in [1.165, 1.54) is 11.0 Å². The molecule has 3 aliphatic heterocycles. The van der Waals surface area contributed by atoms with Crippen LogP contribution < -0.4 is 4.90 Å². The molecule has 3 heterocycles. The molecule has 0 atom stereocenters. The molecular weight excluding hydrogens is 437 g/mol. The normalized spacial score (nSPS) is 20.9. The number of fused-ring (bicyclic) bond motifs is 2. The molecule has 3 aliphatic rings. The molecule has 2 fully saturated rings. The van der Waals surface area contributed by atoms with Gasteiger partial charge in [0.25, 0.3) is 6.43 Å². The molecule has 10 heteroatoms. The number of amides is 3. The van der Waals surface area contributed by atoms with Gasteiger partial charge in [0.1, 0.15) is 5.82 Å². The minimum atomic E-state index is -2.66. The molecule has 182 valence electrons. The van der Waals surface area contributed by atoms with E-state index >= 15 is 0 Å². The van der Waals surface area contributed by atoms with Gasteiger partial charge in [-0.2, -0.15) is 0 Å². The molecule has 1 aromatic rings. The number of nitrogens with zero attached hydrogens (tertiary/aromatic N) is 4. The highest BCUT2D eigenvalue weighted by atomic mass is 19.3. The lowest BCUT2D eigenvalue weighted by molar-refractivity contribution is 0.0204. The van der Waals surface area contributed by atoms with Gasteiger partial charge in [0.05, 0.1) is 0 Å². The van der Waals surface area contributed by atoms with E-state index in [1.54, 1.807) is 36.0 Å². The number of hydrogen-bond donors (Lipinski definition) is 0. The Morgan fingerprint density at radius 2 is 1.82 bits per heavy atom. The lowest BCUT2D eigenvalue weighted by Gasteiger charge is -2.45. The number of ether oxygens (including phenoxy) is 1. The largest absolute Gasteiger partial charge is 0.443 e. The zero-order valence-electron chi connectivity index (χ0n) is 19.1. The number of hydrogen-bond acceptors (Lipinski definition) is 4. The number of anilines is 1. The summed E-state index contributed by atoms with van der Waals surface area (Å²) in [5, 5.41) is 0. The van der Waals surface area contributed by atoms with Crippen LogP contribution in [0.25, 0.3) is 0 Å². The van der Waals surface area contributed by atoms with Gasteiger partial charge in [-0.15, -0.1) is 0 Å². The highest BCUT2D eigenvalue weighted by molar-refractivity contribution is 5.95. The van der Waals surface area contributed by atoms with Crippen molar-refractivity contribution in [3.05, 3.63) is 29.6 Å². The first-order valence-corrected chi connectivity index (χ1v) is 11.4. The summed E-state index contributed by atoms with van der Waals surface area (Å²) in [7, 11) is 3.43. The Bertz CT molecular complexity index is 882. The lowest BCUT2D eigenvalue weighted by atomic mass is 9.74. The minimum absolute atomic E-state index is 0.103. The predicted molar refractivity (Wildman–Crippen MR) is 117 cm³/mol. The number of carbonyl (C=O) groups is 2. The Balaban J connectivity index is 1.38. The number of urea groups is 1. The maximum absolute atomic E-state index is 14.1. The van der Waals surface area contributed by atoms with Crippen LogP contribution in [0.15, 0.2) is 18.2 Å². The van der Waals surface area contributed by atoms with Gasteiger partial charge in [0.15, 0.2) is 6.61 Å². The first kappa shape index (κ1) is 23.7. The van der Waals surface area contributed by atoms with Gasteiger partial charge in [-0.05, 0) is 62.5 Å². The second-order valence-electron chi connectivity index (χ2n) is 9.43. The SMILES string of the molecule is CN(C)C(=O)N1CC2(CCN(C3CCN(C(=O)OCC(F)F)CC3)CC2)c2cc(F)ccc21. The highest BCUT2D eigenvalue weighted by Crippen LogP contribution is 2.48. The van der Waals surface area contributed by atoms with Gasteiger partial charge in [-0.3, -0.25) is 4.90 Å². The van der Waals surface area contributed by atoms with E-state index < -0.39 is 19.1 Å². The fourth-order valence-corrected chi connectivity index (χ4v) is 5.44. The minimum Gasteiger partial charge on any atom is -0.443 e. The molecule has 1 aromatic carbocycles. The summed E-state index contributed by atoms with van der Waals surface area (Å²) in [6.45, 7) is 2.27. The standard InChI is InChI=1S/C23H31F3N4O3/c1-27(2)21(31)30-15-23(18-13-16(24)3-4-19(18)30)7-11-28(12-8-23)17-5-9-29(10-6-17)22(32)33-14-20(25)26/h3-4,13,17,20H,5-12,14-15H2,1-2H3. The van der Waals surface area contributed by atoms with E-state index in [0.29, 0.717) is 25.7 Å². The van der Waals surface area contributed by atoms with Crippen molar-refractivity contribution in [2.45, 2.75) is 43.6 Å². The van der Waals surface area contributed by atoms with Crippen molar-refractivity contribution in [2.24, 2.45) is 0 Å². The monoisotopic (exact) mass is 468 g/mol. The number of halogens is 3. The van der Waals surface area contributed by atoms with Crippen molar-refractivity contribution in [3.8, 4) is 0 Å². The molecule has 1 spiro atoms. The van der Waals surface area contributed by atoms with Gasteiger partial charge in [-0.1, -0.05) is 0 Å². The number of carbonyl (C=O) groups excluding carboxylic acids is 2. The topological polar surface area (TPSA) is 56.3 Å². The van der Waals surface area contributed by atoms with Crippen LogP contribution in [0.3, 0.4) is 0 Å². The molecule has 7 nitrogen and oxygen atoms in total. The molecule has 0 saturated carbocycles. The fourth-order valence-electron chi connectivity index (χ4n) is 5.44. The molecule has 4 rings (SSSR count). The summed E-state index contributed by atoms with van der Waals surface area (Å²) in [4.78, 5) is 31.9. The Labute approximate surface area is 192 Å².